The zero-order valence-corrected chi connectivity index (χ0v) is 9.91. The zero-order chi connectivity index (χ0) is 12.5. The molecule has 2 rings (SSSR count). The van der Waals surface area contributed by atoms with E-state index >= 15 is 0 Å². The van der Waals surface area contributed by atoms with Crippen LogP contribution in [0.15, 0.2) is 18.2 Å². The van der Waals surface area contributed by atoms with Crippen LogP contribution in [0.2, 0.25) is 0 Å². The summed E-state index contributed by atoms with van der Waals surface area (Å²) in [6.07, 6.45) is 0.862. The van der Waals surface area contributed by atoms with Crippen molar-refractivity contribution in [1.29, 1.82) is 5.26 Å². The first-order valence-corrected chi connectivity index (χ1v) is 5.51. The third-order valence-corrected chi connectivity index (χ3v) is 2.79. The zero-order valence-electron chi connectivity index (χ0n) is 9.91. The molecule has 0 unspecified atom stereocenters. The summed E-state index contributed by atoms with van der Waals surface area (Å²) >= 11 is 0. The number of fused-ring (bicyclic) bond motifs is 1. The van der Waals surface area contributed by atoms with Crippen LogP contribution >= 0.6 is 0 Å². The van der Waals surface area contributed by atoms with Gasteiger partial charge in [-0.05, 0) is 37.6 Å². The second-order valence-corrected chi connectivity index (χ2v) is 4.61. The van der Waals surface area contributed by atoms with Crippen LogP contribution in [0.5, 0.6) is 5.75 Å². The fourth-order valence-corrected chi connectivity index (χ4v) is 1.60. The summed E-state index contributed by atoms with van der Waals surface area (Å²) in [5, 5.41) is 11.6. The molecule has 1 aromatic carbocycles. The molecule has 0 saturated heterocycles. The number of nitrogens with one attached hydrogen (secondary N) is 1. The van der Waals surface area contributed by atoms with E-state index in [1.165, 1.54) is 0 Å². The van der Waals surface area contributed by atoms with Crippen LogP contribution < -0.4 is 10.1 Å². The molecular weight excluding hydrogens is 216 g/mol. The lowest BCUT2D eigenvalue weighted by atomic mass is 9.94. The molecule has 0 radical (unpaired) electrons. The van der Waals surface area contributed by atoms with Gasteiger partial charge in [-0.25, -0.2) is 0 Å². The van der Waals surface area contributed by atoms with Gasteiger partial charge in [0.2, 0.25) is 5.91 Å². The van der Waals surface area contributed by atoms with Gasteiger partial charge in [0.05, 0.1) is 12.7 Å². The van der Waals surface area contributed by atoms with Gasteiger partial charge in [0.1, 0.15) is 11.2 Å². The maximum atomic E-state index is 11.8. The van der Waals surface area contributed by atoms with Crippen molar-refractivity contribution in [3.05, 3.63) is 23.8 Å². The monoisotopic (exact) mass is 230 g/mol. The van der Waals surface area contributed by atoms with Gasteiger partial charge < -0.3 is 10.1 Å². The van der Waals surface area contributed by atoms with Crippen LogP contribution in [0.3, 0.4) is 0 Å². The normalized spacial score (nSPS) is 13.5. The maximum Gasteiger partial charge on any atom is 0.244 e. The van der Waals surface area contributed by atoms with Crippen LogP contribution in [0.25, 0.3) is 0 Å². The van der Waals surface area contributed by atoms with E-state index in [4.69, 9.17) is 10.00 Å². The lowest BCUT2D eigenvalue weighted by Crippen LogP contribution is -2.29. The summed E-state index contributed by atoms with van der Waals surface area (Å²) in [5.74, 6) is 0.585. The molecule has 1 aromatic rings. The molecule has 1 aliphatic rings. The number of carbonyl (C=O) groups is 1. The number of amides is 1. The van der Waals surface area contributed by atoms with Gasteiger partial charge in [-0.2, -0.15) is 5.26 Å². The van der Waals surface area contributed by atoms with E-state index in [1.807, 2.05) is 18.2 Å². The molecule has 1 N–H and O–H groups in total. The van der Waals surface area contributed by atoms with Crippen molar-refractivity contribution in [3.8, 4) is 11.8 Å². The number of carbonyl (C=O) groups excluding carboxylic acids is 1. The molecule has 0 atom stereocenters. The molecule has 4 nitrogen and oxygen atoms in total. The van der Waals surface area contributed by atoms with Gasteiger partial charge in [0.25, 0.3) is 0 Å². The number of nitrogens with zero attached hydrogens (tertiary/aromatic N) is 1. The van der Waals surface area contributed by atoms with Gasteiger partial charge in [-0.15, -0.1) is 0 Å². The Morgan fingerprint density at radius 2 is 2.29 bits per heavy atom. The van der Waals surface area contributed by atoms with E-state index in [0.717, 1.165) is 17.7 Å². The highest BCUT2D eigenvalue weighted by molar-refractivity contribution is 5.96. The topological polar surface area (TPSA) is 62.1 Å². The van der Waals surface area contributed by atoms with E-state index in [9.17, 15) is 4.79 Å². The van der Waals surface area contributed by atoms with Crippen molar-refractivity contribution in [1.82, 2.24) is 0 Å². The summed E-state index contributed by atoms with van der Waals surface area (Å²) in [5.41, 5.74) is 0.787. The molecule has 0 bridgehead atoms. The van der Waals surface area contributed by atoms with Crippen molar-refractivity contribution < 1.29 is 9.53 Å². The second-order valence-electron chi connectivity index (χ2n) is 4.61. The summed E-state index contributed by atoms with van der Waals surface area (Å²) in [7, 11) is 0. The Balaban J connectivity index is 2.15. The molecule has 88 valence electrons. The predicted octanol–water partition coefficient (Wildman–Crippen LogP) is 2.11. The Hall–Kier alpha value is -2.02. The largest absolute Gasteiger partial charge is 0.493 e. The first kappa shape index (κ1) is 11.5. The molecule has 0 spiro atoms. The molecule has 1 amide bonds. The van der Waals surface area contributed by atoms with E-state index in [0.29, 0.717) is 12.3 Å². The molecule has 0 saturated carbocycles. The van der Waals surface area contributed by atoms with Crippen molar-refractivity contribution >= 4 is 11.6 Å². The van der Waals surface area contributed by atoms with Crippen molar-refractivity contribution in [3.63, 3.8) is 0 Å². The molecule has 0 aliphatic carbocycles. The minimum absolute atomic E-state index is 0.293. The standard InChI is InChI=1S/C13H14N2O2/c1-13(2,8-14)12(16)15-10-3-4-11-9(7-10)5-6-17-11/h3-4,7H,5-6H2,1-2H3,(H,15,16). The summed E-state index contributed by atoms with van der Waals surface area (Å²) < 4.78 is 5.38. The first-order valence-electron chi connectivity index (χ1n) is 5.51. The number of hydrogen-bond acceptors (Lipinski definition) is 3. The van der Waals surface area contributed by atoms with Crippen LogP contribution in [-0.2, 0) is 11.2 Å². The highest BCUT2D eigenvalue weighted by atomic mass is 16.5. The number of hydrogen-bond donors (Lipinski definition) is 1. The smallest absolute Gasteiger partial charge is 0.244 e. The molecule has 1 aliphatic heterocycles. The Labute approximate surface area is 100 Å². The lowest BCUT2D eigenvalue weighted by Gasteiger charge is -2.15. The third-order valence-electron chi connectivity index (χ3n) is 2.79. The number of ether oxygens (including phenoxy) is 1. The first-order chi connectivity index (χ1) is 8.03. The maximum absolute atomic E-state index is 11.8. The summed E-state index contributed by atoms with van der Waals surface area (Å²) in [6.45, 7) is 3.88. The van der Waals surface area contributed by atoms with E-state index in [2.05, 4.69) is 5.32 Å². The summed E-state index contributed by atoms with van der Waals surface area (Å²) in [4.78, 5) is 11.8. The van der Waals surface area contributed by atoms with Crippen molar-refractivity contribution in [2.24, 2.45) is 5.41 Å². The highest BCUT2D eigenvalue weighted by Crippen LogP contribution is 2.28. The van der Waals surface area contributed by atoms with Crippen LogP contribution in [0.4, 0.5) is 5.69 Å². The van der Waals surface area contributed by atoms with Gasteiger partial charge in [0.15, 0.2) is 0 Å². The SMILES string of the molecule is CC(C)(C#N)C(=O)Nc1ccc2c(c1)CCO2. The molecule has 0 aromatic heterocycles. The minimum atomic E-state index is -1.02. The van der Waals surface area contributed by atoms with Crippen molar-refractivity contribution in [2.45, 2.75) is 20.3 Å². The quantitative estimate of drug-likeness (QED) is 0.846. The number of rotatable bonds is 2. The van der Waals surface area contributed by atoms with Gasteiger partial charge in [-0.1, -0.05) is 0 Å². The van der Waals surface area contributed by atoms with Crippen LogP contribution in [0.1, 0.15) is 19.4 Å². The number of anilines is 1. The van der Waals surface area contributed by atoms with Gasteiger partial charge >= 0.3 is 0 Å². The van der Waals surface area contributed by atoms with E-state index in [1.54, 1.807) is 19.9 Å². The fraction of sp³-hybridized carbons (Fsp3) is 0.385. The van der Waals surface area contributed by atoms with Gasteiger partial charge in [0, 0.05) is 12.1 Å². The average molecular weight is 230 g/mol. The van der Waals surface area contributed by atoms with Crippen molar-refractivity contribution in [2.75, 3.05) is 11.9 Å². The summed E-state index contributed by atoms with van der Waals surface area (Å²) in [6, 6.07) is 7.51. The number of benzene rings is 1. The lowest BCUT2D eigenvalue weighted by molar-refractivity contribution is -0.121. The second kappa shape index (κ2) is 4.10. The van der Waals surface area contributed by atoms with Crippen LogP contribution in [-0.4, -0.2) is 12.5 Å². The molecular formula is C13H14N2O2. The fourth-order valence-electron chi connectivity index (χ4n) is 1.60. The Morgan fingerprint density at radius 1 is 1.53 bits per heavy atom. The highest BCUT2D eigenvalue weighted by Gasteiger charge is 2.27. The predicted molar refractivity (Wildman–Crippen MR) is 63.7 cm³/mol. The van der Waals surface area contributed by atoms with Crippen LogP contribution in [0, 0.1) is 16.7 Å². The average Bonchev–Trinajstić information content (AvgIpc) is 2.76. The Bertz CT molecular complexity index is 501. The Morgan fingerprint density at radius 3 is 3.00 bits per heavy atom. The van der Waals surface area contributed by atoms with E-state index in [-0.39, 0.29) is 5.91 Å². The minimum Gasteiger partial charge on any atom is -0.493 e. The van der Waals surface area contributed by atoms with Gasteiger partial charge in [-0.3, -0.25) is 4.79 Å². The Kier molecular flexibility index (Phi) is 2.76. The number of nitriles is 1. The molecule has 17 heavy (non-hydrogen) atoms. The molecule has 4 heteroatoms. The third kappa shape index (κ3) is 2.23. The molecule has 1 heterocycles. The van der Waals surface area contributed by atoms with E-state index < -0.39 is 5.41 Å². The molecule has 0 fully saturated rings.